The predicted molar refractivity (Wildman–Crippen MR) is 88.0 cm³/mol. The molecule has 1 fully saturated rings. The molecule has 1 aromatic heterocycles. The molecule has 0 amide bonds. The summed E-state index contributed by atoms with van der Waals surface area (Å²) >= 11 is 0. The van der Waals surface area contributed by atoms with Crippen LogP contribution >= 0.6 is 0 Å². The van der Waals surface area contributed by atoms with E-state index in [2.05, 4.69) is 4.90 Å². The molecule has 2 aliphatic rings. The van der Waals surface area contributed by atoms with E-state index in [1.807, 2.05) is 0 Å². The van der Waals surface area contributed by atoms with Crippen LogP contribution in [0.2, 0.25) is 0 Å². The molecule has 6 nitrogen and oxygen atoms in total. The fraction of sp³-hybridized carbons (Fsp3) is 0.421. The number of hydrogen-bond donors (Lipinski definition) is 0. The molecule has 0 N–H and O–H groups in total. The number of fused-ring (bicyclic) bond motifs is 2. The summed E-state index contributed by atoms with van der Waals surface area (Å²) in [5, 5.41) is 23.2. The second kappa shape index (κ2) is 6.02. The molecule has 1 aromatic carbocycles. The second-order valence-electron chi connectivity index (χ2n) is 6.84. The number of benzene rings is 1. The zero-order valence-corrected chi connectivity index (χ0v) is 13.8. The Morgan fingerprint density at radius 3 is 2.56 bits per heavy atom. The van der Waals surface area contributed by atoms with Gasteiger partial charge in [0.05, 0.1) is 17.2 Å². The van der Waals surface area contributed by atoms with E-state index in [-0.39, 0.29) is 5.56 Å². The number of hydrogen-bond acceptors (Lipinski definition) is 6. The number of aliphatic carboxylic acids is 1. The van der Waals surface area contributed by atoms with Crippen molar-refractivity contribution in [3.63, 3.8) is 0 Å². The maximum Gasteiger partial charge on any atom is 0.0726 e. The molecule has 0 spiro atoms. The summed E-state index contributed by atoms with van der Waals surface area (Å²) in [6.45, 7) is 1.25. The first-order valence-electron chi connectivity index (χ1n) is 8.67. The van der Waals surface area contributed by atoms with Gasteiger partial charge in [0, 0.05) is 36.1 Å². The van der Waals surface area contributed by atoms with Gasteiger partial charge in [0.1, 0.15) is 0 Å². The lowest BCUT2D eigenvalue weighted by atomic mass is 9.95. The first-order chi connectivity index (χ1) is 12.0. The van der Waals surface area contributed by atoms with Crippen molar-refractivity contribution in [3.05, 3.63) is 35.0 Å². The van der Waals surface area contributed by atoms with Gasteiger partial charge in [-0.15, -0.1) is 0 Å². The Morgan fingerprint density at radius 1 is 1.12 bits per heavy atom. The lowest BCUT2D eigenvalue weighted by Gasteiger charge is -2.35. The average Bonchev–Trinajstić information content (AvgIpc) is 3.07. The summed E-state index contributed by atoms with van der Waals surface area (Å²) in [5.74, 6) is -2.59. The van der Waals surface area contributed by atoms with E-state index in [4.69, 9.17) is 4.98 Å². The number of carboxylic acids is 2. The molecule has 4 rings (SSSR count). The normalized spacial score (nSPS) is 17.7. The molecule has 2 aromatic rings. The van der Waals surface area contributed by atoms with Crippen molar-refractivity contribution >= 4 is 28.5 Å². The highest BCUT2D eigenvalue weighted by molar-refractivity contribution is 5.99. The minimum atomic E-state index is -1.20. The van der Waals surface area contributed by atoms with E-state index in [1.165, 1.54) is 11.6 Å². The molecule has 1 aliphatic carbocycles. The molecular formula is C19H18N2O4-2. The number of piperidine rings is 1. The third-order valence-corrected chi connectivity index (χ3v) is 5.36. The third-order valence-electron chi connectivity index (χ3n) is 5.36. The molecular weight excluding hydrogens is 320 g/mol. The second-order valence-corrected chi connectivity index (χ2v) is 6.84. The van der Waals surface area contributed by atoms with Crippen molar-refractivity contribution in [1.29, 1.82) is 0 Å². The van der Waals surface area contributed by atoms with Crippen LogP contribution in [0.25, 0.3) is 10.9 Å². The Bertz CT molecular complexity index is 869. The third kappa shape index (κ3) is 2.71. The average molecular weight is 338 g/mol. The fourth-order valence-electron chi connectivity index (χ4n) is 4.06. The van der Waals surface area contributed by atoms with Gasteiger partial charge in [-0.2, -0.15) is 0 Å². The number of aromatic carboxylic acids is 1. The number of aromatic nitrogens is 1. The van der Waals surface area contributed by atoms with Crippen molar-refractivity contribution in [2.45, 2.75) is 32.1 Å². The van der Waals surface area contributed by atoms with Crippen LogP contribution in [0.4, 0.5) is 5.69 Å². The number of rotatable bonds is 3. The molecule has 0 atom stereocenters. The van der Waals surface area contributed by atoms with Crippen LogP contribution in [0, 0.1) is 5.92 Å². The Kier molecular flexibility index (Phi) is 3.82. The molecule has 25 heavy (non-hydrogen) atoms. The molecule has 0 saturated carbocycles. The summed E-state index contributed by atoms with van der Waals surface area (Å²) in [4.78, 5) is 29.3. The van der Waals surface area contributed by atoms with Gasteiger partial charge in [0.2, 0.25) is 0 Å². The summed E-state index contributed by atoms with van der Waals surface area (Å²) in [5.41, 5.74) is 4.19. The molecule has 0 unspecified atom stereocenters. The van der Waals surface area contributed by atoms with Crippen LogP contribution in [-0.2, 0) is 17.6 Å². The van der Waals surface area contributed by atoms with E-state index >= 15 is 0 Å². The number of carbonyl (C=O) groups excluding carboxylic acids is 2. The van der Waals surface area contributed by atoms with Gasteiger partial charge in [-0.05, 0) is 55.4 Å². The van der Waals surface area contributed by atoms with Crippen LogP contribution in [0.1, 0.15) is 40.9 Å². The lowest BCUT2D eigenvalue weighted by Crippen LogP contribution is -2.41. The summed E-state index contributed by atoms with van der Waals surface area (Å²) < 4.78 is 0. The maximum atomic E-state index is 11.3. The topological polar surface area (TPSA) is 96.4 Å². The van der Waals surface area contributed by atoms with Gasteiger partial charge in [0.25, 0.3) is 0 Å². The Balaban J connectivity index is 1.82. The summed E-state index contributed by atoms with van der Waals surface area (Å²) in [6.07, 6.45) is 3.97. The summed E-state index contributed by atoms with van der Waals surface area (Å²) in [7, 11) is 0. The molecule has 6 heteroatoms. The number of carboxylic acid groups (broad SMARTS) is 2. The molecule has 0 radical (unpaired) electrons. The fourth-order valence-corrected chi connectivity index (χ4v) is 4.06. The van der Waals surface area contributed by atoms with E-state index in [0.717, 1.165) is 41.5 Å². The van der Waals surface area contributed by atoms with Crippen LogP contribution < -0.4 is 15.1 Å². The van der Waals surface area contributed by atoms with E-state index < -0.39 is 17.9 Å². The SMILES string of the molecule is O=C([O-])c1ccc2nc3c(c(N4CCC(C(=O)[O-])CC4)c2c1)CCC3. The van der Waals surface area contributed by atoms with E-state index in [0.29, 0.717) is 25.9 Å². The van der Waals surface area contributed by atoms with Gasteiger partial charge in [-0.25, -0.2) is 0 Å². The van der Waals surface area contributed by atoms with E-state index in [9.17, 15) is 19.8 Å². The maximum absolute atomic E-state index is 11.3. The van der Waals surface area contributed by atoms with Crippen LogP contribution in [0.15, 0.2) is 18.2 Å². The van der Waals surface area contributed by atoms with Crippen molar-refractivity contribution in [2.24, 2.45) is 5.92 Å². The number of aryl methyl sites for hydroxylation is 1. The molecule has 2 heterocycles. The Hall–Kier alpha value is -2.63. The number of anilines is 1. The molecule has 130 valence electrons. The monoisotopic (exact) mass is 338 g/mol. The number of nitrogens with zero attached hydrogens (tertiary/aromatic N) is 2. The predicted octanol–water partition coefficient (Wildman–Crippen LogP) is 0.0533. The highest BCUT2D eigenvalue weighted by Gasteiger charge is 2.27. The van der Waals surface area contributed by atoms with Crippen molar-refractivity contribution in [3.8, 4) is 0 Å². The van der Waals surface area contributed by atoms with Crippen LogP contribution in [-0.4, -0.2) is 30.0 Å². The zero-order valence-electron chi connectivity index (χ0n) is 13.8. The molecule has 1 aliphatic heterocycles. The van der Waals surface area contributed by atoms with Crippen LogP contribution in [0.3, 0.4) is 0 Å². The van der Waals surface area contributed by atoms with Crippen LogP contribution in [0.5, 0.6) is 0 Å². The minimum absolute atomic E-state index is 0.137. The molecule has 0 bridgehead atoms. The van der Waals surface area contributed by atoms with Gasteiger partial charge in [-0.1, -0.05) is 6.07 Å². The van der Waals surface area contributed by atoms with Gasteiger partial charge in [-0.3, -0.25) is 4.98 Å². The minimum Gasteiger partial charge on any atom is -0.550 e. The van der Waals surface area contributed by atoms with Crippen molar-refractivity contribution in [2.75, 3.05) is 18.0 Å². The smallest absolute Gasteiger partial charge is 0.0726 e. The number of carbonyl (C=O) groups is 2. The first-order valence-corrected chi connectivity index (χ1v) is 8.67. The largest absolute Gasteiger partial charge is 0.550 e. The van der Waals surface area contributed by atoms with Gasteiger partial charge < -0.3 is 24.7 Å². The standard InChI is InChI=1S/C19H20N2O4/c22-18(23)11-6-8-21(9-7-11)17-13-2-1-3-15(13)20-16-5-4-12(19(24)25)10-14(16)17/h4-5,10-11H,1-3,6-9H2,(H,22,23)(H,24,25)/p-2. The van der Waals surface area contributed by atoms with E-state index in [1.54, 1.807) is 12.1 Å². The molecule has 1 saturated heterocycles. The lowest BCUT2D eigenvalue weighted by molar-refractivity contribution is -0.312. The first kappa shape index (κ1) is 15.9. The highest BCUT2D eigenvalue weighted by Crippen LogP contribution is 2.38. The number of pyridine rings is 1. The van der Waals surface area contributed by atoms with Crippen molar-refractivity contribution in [1.82, 2.24) is 4.98 Å². The van der Waals surface area contributed by atoms with Gasteiger partial charge >= 0.3 is 0 Å². The highest BCUT2D eigenvalue weighted by atomic mass is 16.4. The zero-order chi connectivity index (χ0) is 17.6. The Labute approximate surface area is 145 Å². The summed E-state index contributed by atoms with van der Waals surface area (Å²) in [6, 6.07) is 4.89. The van der Waals surface area contributed by atoms with Crippen molar-refractivity contribution < 1.29 is 19.8 Å². The quantitative estimate of drug-likeness (QED) is 0.785. The Morgan fingerprint density at radius 2 is 1.88 bits per heavy atom. The van der Waals surface area contributed by atoms with Gasteiger partial charge in [0.15, 0.2) is 0 Å².